The third kappa shape index (κ3) is 2.55. The van der Waals surface area contributed by atoms with E-state index in [4.69, 9.17) is 0 Å². The lowest BCUT2D eigenvalue weighted by Crippen LogP contribution is -2.32. The van der Waals surface area contributed by atoms with Crippen molar-refractivity contribution in [3.8, 4) is 0 Å². The molecule has 1 aliphatic heterocycles. The number of aryl methyl sites for hydroxylation is 1. The fourth-order valence-corrected chi connectivity index (χ4v) is 6.86. The van der Waals surface area contributed by atoms with Crippen molar-refractivity contribution in [2.45, 2.75) is 16.6 Å². The molecule has 3 nitrogen and oxygen atoms in total. The second-order valence-electron chi connectivity index (χ2n) is 6.05. The molecule has 4 rings (SSSR count). The van der Waals surface area contributed by atoms with Gasteiger partial charge in [0.25, 0.3) is 0 Å². The number of benzene rings is 1. The van der Waals surface area contributed by atoms with Crippen molar-refractivity contribution in [1.82, 2.24) is 9.55 Å². The summed E-state index contributed by atoms with van der Waals surface area (Å²) in [6.45, 7) is 0. The normalized spacial score (nSPS) is 18.6. The maximum Gasteiger partial charge on any atom is 0.131 e. The lowest BCUT2D eigenvalue weighted by molar-refractivity contribution is 0.160. The summed E-state index contributed by atoms with van der Waals surface area (Å²) in [5, 5.41) is 12.5. The van der Waals surface area contributed by atoms with Crippen LogP contribution in [0.4, 0.5) is 0 Å². The van der Waals surface area contributed by atoms with Gasteiger partial charge < -0.3 is 9.67 Å². The van der Waals surface area contributed by atoms with Crippen molar-refractivity contribution in [3.05, 3.63) is 66.1 Å². The maximum atomic E-state index is 11.3. The van der Waals surface area contributed by atoms with Gasteiger partial charge in [0.05, 0.1) is 0 Å². The average Bonchev–Trinajstić information content (AvgIpc) is 3.00. The number of para-hydroxylation sites is 1. The van der Waals surface area contributed by atoms with Gasteiger partial charge in [-0.05, 0) is 53.1 Å². The van der Waals surface area contributed by atoms with Gasteiger partial charge in [0, 0.05) is 30.7 Å². The van der Waals surface area contributed by atoms with Crippen LogP contribution in [0.5, 0.6) is 0 Å². The number of aromatic nitrogens is 2. The highest BCUT2D eigenvalue weighted by Gasteiger charge is 2.45. The van der Waals surface area contributed by atoms with Crippen molar-refractivity contribution < 1.29 is 5.11 Å². The van der Waals surface area contributed by atoms with Crippen LogP contribution in [0.1, 0.15) is 23.8 Å². The number of aliphatic hydroxyl groups is 1. The number of aliphatic hydroxyl groups excluding tert-OH is 1. The number of pyridine rings is 1. The van der Waals surface area contributed by atoms with E-state index in [1.54, 1.807) is 12.4 Å². The summed E-state index contributed by atoms with van der Waals surface area (Å²) in [6.07, 6.45) is 4.13. The summed E-state index contributed by atoms with van der Waals surface area (Å²) in [4.78, 5) is 4.09. The van der Waals surface area contributed by atoms with Crippen LogP contribution >= 0.6 is 23.5 Å². The molecule has 1 fully saturated rings. The molecule has 0 bridgehead atoms. The highest BCUT2D eigenvalue weighted by atomic mass is 32.2. The van der Waals surface area contributed by atoms with Gasteiger partial charge in [-0.2, -0.15) is 0 Å². The highest BCUT2D eigenvalue weighted by molar-refractivity contribution is 8.18. The van der Waals surface area contributed by atoms with Crippen LogP contribution in [0, 0.1) is 0 Å². The number of hydrogen-bond donors (Lipinski definition) is 1. The molecule has 0 spiro atoms. The Kier molecular flexibility index (Phi) is 4.33. The standard InChI is InChI=1S/C19H20N2OS2/c1-21-16-6-3-2-5-15(16)13-17(21)19(23-11-4-12-24-19)18(22)14-7-9-20-10-8-14/h2-3,5-10,13,18,22H,4,11-12H2,1H3. The third-order valence-electron chi connectivity index (χ3n) is 4.61. The molecule has 0 amide bonds. The van der Waals surface area contributed by atoms with E-state index in [2.05, 4.69) is 46.9 Å². The topological polar surface area (TPSA) is 38.0 Å². The largest absolute Gasteiger partial charge is 0.386 e. The zero-order valence-corrected chi connectivity index (χ0v) is 15.2. The molecule has 1 aliphatic rings. The van der Waals surface area contributed by atoms with Gasteiger partial charge in [0.1, 0.15) is 10.2 Å². The Labute approximate surface area is 150 Å². The summed E-state index contributed by atoms with van der Waals surface area (Å²) in [6, 6.07) is 14.5. The number of rotatable bonds is 3. The zero-order chi connectivity index (χ0) is 16.6. The molecule has 1 N–H and O–H groups in total. The van der Waals surface area contributed by atoms with Crippen molar-refractivity contribution in [2.24, 2.45) is 7.05 Å². The molecular formula is C19H20N2OS2. The van der Waals surface area contributed by atoms with E-state index >= 15 is 0 Å². The van der Waals surface area contributed by atoms with Gasteiger partial charge in [0.2, 0.25) is 0 Å². The van der Waals surface area contributed by atoms with Gasteiger partial charge in [-0.25, -0.2) is 0 Å². The van der Waals surface area contributed by atoms with E-state index in [-0.39, 0.29) is 4.08 Å². The molecule has 3 aromatic rings. The Hall–Kier alpha value is -1.43. The molecule has 5 heteroatoms. The Morgan fingerprint density at radius 2 is 1.83 bits per heavy atom. The summed E-state index contributed by atoms with van der Waals surface area (Å²) < 4.78 is 1.86. The lowest BCUT2D eigenvalue weighted by Gasteiger charge is -2.40. The molecule has 1 aromatic carbocycles. The van der Waals surface area contributed by atoms with Gasteiger partial charge in [-0.1, -0.05) is 18.2 Å². The van der Waals surface area contributed by atoms with Gasteiger partial charge in [-0.3, -0.25) is 4.98 Å². The fraction of sp³-hybridized carbons (Fsp3) is 0.316. The maximum absolute atomic E-state index is 11.3. The Bertz CT molecular complexity index is 841. The van der Waals surface area contributed by atoms with Crippen LogP contribution in [0.25, 0.3) is 10.9 Å². The third-order valence-corrected chi connectivity index (χ3v) is 8.03. The molecule has 0 aliphatic carbocycles. The molecule has 0 radical (unpaired) electrons. The predicted molar refractivity (Wildman–Crippen MR) is 103 cm³/mol. The van der Waals surface area contributed by atoms with Crippen LogP contribution in [0.2, 0.25) is 0 Å². The Morgan fingerprint density at radius 3 is 2.54 bits per heavy atom. The molecule has 2 aromatic heterocycles. The molecule has 3 heterocycles. The van der Waals surface area contributed by atoms with Crippen LogP contribution in [0.15, 0.2) is 54.9 Å². The SMILES string of the molecule is Cn1c(C2(C(O)c3ccncc3)SCCCS2)cc2ccccc21. The van der Waals surface area contributed by atoms with Crippen molar-refractivity contribution in [1.29, 1.82) is 0 Å². The predicted octanol–water partition coefficient (Wildman–Crippen LogP) is 4.33. The zero-order valence-electron chi connectivity index (χ0n) is 13.6. The smallest absolute Gasteiger partial charge is 0.131 e. The van der Waals surface area contributed by atoms with E-state index in [0.717, 1.165) is 17.1 Å². The first-order chi connectivity index (χ1) is 11.7. The van der Waals surface area contributed by atoms with E-state index in [0.29, 0.717) is 0 Å². The minimum Gasteiger partial charge on any atom is -0.386 e. The van der Waals surface area contributed by atoms with Crippen LogP contribution in [-0.4, -0.2) is 26.2 Å². The van der Waals surface area contributed by atoms with E-state index < -0.39 is 6.10 Å². The molecule has 124 valence electrons. The quantitative estimate of drug-likeness (QED) is 0.758. The van der Waals surface area contributed by atoms with Crippen molar-refractivity contribution in [3.63, 3.8) is 0 Å². The van der Waals surface area contributed by atoms with E-state index in [9.17, 15) is 5.11 Å². The minimum absolute atomic E-state index is 0.382. The summed E-state index contributed by atoms with van der Waals surface area (Å²) >= 11 is 3.74. The summed E-state index contributed by atoms with van der Waals surface area (Å²) in [7, 11) is 2.11. The van der Waals surface area contributed by atoms with Crippen LogP contribution < -0.4 is 0 Å². The first-order valence-electron chi connectivity index (χ1n) is 8.13. The average molecular weight is 357 g/mol. The van der Waals surface area contributed by atoms with Gasteiger partial charge in [-0.15, -0.1) is 23.5 Å². The van der Waals surface area contributed by atoms with Crippen LogP contribution in [0.3, 0.4) is 0 Å². The first kappa shape index (κ1) is 16.1. The Morgan fingerprint density at radius 1 is 1.12 bits per heavy atom. The second-order valence-corrected chi connectivity index (χ2v) is 8.99. The molecule has 1 unspecified atom stereocenters. The van der Waals surface area contributed by atoms with Crippen molar-refractivity contribution in [2.75, 3.05) is 11.5 Å². The summed E-state index contributed by atoms with van der Waals surface area (Å²) in [5.41, 5.74) is 3.32. The fourth-order valence-electron chi connectivity index (χ4n) is 3.38. The van der Waals surface area contributed by atoms with Crippen molar-refractivity contribution >= 4 is 34.4 Å². The molecule has 1 saturated heterocycles. The highest BCUT2D eigenvalue weighted by Crippen LogP contribution is 2.58. The number of thioether (sulfide) groups is 2. The summed E-state index contributed by atoms with van der Waals surface area (Å²) in [5.74, 6) is 2.13. The number of nitrogens with zero attached hydrogens (tertiary/aromatic N) is 2. The van der Waals surface area contributed by atoms with Crippen LogP contribution in [-0.2, 0) is 11.1 Å². The van der Waals surface area contributed by atoms with Gasteiger partial charge in [0.15, 0.2) is 0 Å². The Balaban J connectivity index is 1.88. The van der Waals surface area contributed by atoms with E-state index in [1.807, 2.05) is 35.7 Å². The number of fused-ring (bicyclic) bond motifs is 1. The first-order valence-corrected chi connectivity index (χ1v) is 10.1. The van der Waals surface area contributed by atoms with E-state index in [1.165, 1.54) is 23.0 Å². The second kappa shape index (κ2) is 6.47. The molecule has 1 atom stereocenters. The van der Waals surface area contributed by atoms with Gasteiger partial charge >= 0.3 is 0 Å². The number of hydrogen-bond acceptors (Lipinski definition) is 4. The monoisotopic (exact) mass is 356 g/mol. The molecular weight excluding hydrogens is 336 g/mol. The lowest BCUT2D eigenvalue weighted by atomic mass is 10.0. The minimum atomic E-state index is -0.571. The molecule has 24 heavy (non-hydrogen) atoms. The molecule has 0 saturated carbocycles.